The zero-order chi connectivity index (χ0) is 26.8. The first-order chi connectivity index (χ1) is 18.3. The summed E-state index contributed by atoms with van der Waals surface area (Å²) in [5, 5.41) is 11.5. The van der Waals surface area contributed by atoms with Crippen molar-refractivity contribution in [3.63, 3.8) is 0 Å². The van der Waals surface area contributed by atoms with Crippen LogP contribution in [-0.2, 0) is 19.1 Å². The number of nitrogens with one attached hydrogen (secondary N) is 1. The fraction of sp³-hybridized carbons (Fsp3) is 0.448. The zero-order valence-corrected chi connectivity index (χ0v) is 21.1. The molecule has 1 saturated heterocycles. The van der Waals surface area contributed by atoms with Gasteiger partial charge in [0.2, 0.25) is 0 Å². The van der Waals surface area contributed by atoms with E-state index in [0.717, 1.165) is 29.7 Å². The lowest BCUT2D eigenvalue weighted by Gasteiger charge is -2.47. The van der Waals surface area contributed by atoms with E-state index in [-0.39, 0.29) is 47.6 Å². The van der Waals surface area contributed by atoms with Gasteiger partial charge in [-0.1, -0.05) is 24.3 Å². The standard InChI is InChI=1S/C29H31FN2O6/c1-16-27-24(10-7-21-6-5-18(14-31-21)17-3-2-4-20(30)11-17)23-9-8-22(32-29(36)37-15-26(33)34)12-19(23)13-25(27)28(35)38-16/h2-7,10-11,14,16,19,22-25,27H,8-9,12-13,15H2,1H3,(H,32,36)(H,33,34)/b10-7+/t16-,19+,22-,23-,24+,25-,27+/m1/s1. The van der Waals surface area contributed by atoms with Crippen LogP contribution >= 0.6 is 0 Å². The Bertz CT molecular complexity index is 1230. The molecule has 2 aromatic rings. The van der Waals surface area contributed by atoms with E-state index in [4.69, 9.17) is 14.6 Å². The molecule has 1 aromatic heterocycles. The molecule has 0 spiro atoms. The van der Waals surface area contributed by atoms with Crippen LogP contribution in [0.2, 0.25) is 0 Å². The van der Waals surface area contributed by atoms with Crippen LogP contribution in [0.5, 0.6) is 0 Å². The third-order valence-corrected chi connectivity index (χ3v) is 8.23. The van der Waals surface area contributed by atoms with Crippen molar-refractivity contribution in [2.75, 3.05) is 6.61 Å². The summed E-state index contributed by atoms with van der Waals surface area (Å²) < 4.78 is 24.0. The Morgan fingerprint density at radius 1 is 1.21 bits per heavy atom. The summed E-state index contributed by atoms with van der Waals surface area (Å²) in [4.78, 5) is 39.9. The number of benzene rings is 1. The number of hydrogen-bond acceptors (Lipinski definition) is 6. The highest BCUT2D eigenvalue weighted by Crippen LogP contribution is 2.53. The van der Waals surface area contributed by atoms with Crippen LogP contribution in [0.3, 0.4) is 0 Å². The molecule has 2 heterocycles. The molecule has 2 N–H and O–H groups in total. The quantitative estimate of drug-likeness (QED) is 0.529. The van der Waals surface area contributed by atoms with Crippen molar-refractivity contribution in [3.05, 3.63) is 60.2 Å². The molecule has 8 nitrogen and oxygen atoms in total. The number of carboxylic acids is 1. The molecule has 0 unspecified atom stereocenters. The van der Waals surface area contributed by atoms with E-state index in [1.54, 1.807) is 12.3 Å². The maximum atomic E-state index is 13.6. The summed E-state index contributed by atoms with van der Waals surface area (Å²) in [6.45, 7) is 1.28. The van der Waals surface area contributed by atoms with Crippen molar-refractivity contribution >= 4 is 24.1 Å². The minimum absolute atomic E-state index is 0.0802. The normalized spacial score (nSPS) is 30.3. The minimum Gasteiger partial charge on any atom is -0.479 e. The zero-order valence-electron chi connectivity index (χ0n) is 21.1. The molecule has 7 atom stereocenters. The average Bonchev–Trinajstić information content (AvgIpc) is 3.18. The van der Waals surface area contributed by atoms with Crippen LogP contribution in [0.15, 0.2) is 48.7 Å². The fourth-order valence-electron chi connectivity index (χ4n) is 6.63. The molecule has 38 heavy (non-hydrogen) atoms. The monoisotopic (exact) mass is 522 g/mol. The van der Waals surface area contributed by atoms with Gasteiger partial charge in [-0.05, 0) is 80.2 Å². The Hall–Kier alpha value is -3.75. The Balaban J connectivity index is 1.31. The number of hydrogen-bond donors (Lipinski definition) is 2. The van der Waals surface area contributed by atoms with Crippen molar-refractivity contribution in [3.8, 4) is 11.1 Å². The van der Waals surface area contributed by atoms with Crippen molar-refractivity contribution in [1.29, 1.82) is 0 Å². The number of esters is 1. The van der Waals surface area contributed by atoms with Crippen LogP contribution in [0.1, 0.15) is 38.3 Å². The molecule has 9 heteroatoms. The van der Waals surface area contributed by atoms with Gasteiger partial charge in [-0.2, -0.15) is 0 Å². The second-order valence-electron chi connectivity index (χ2n) is 10.5. The van der Waals surface area contributed by atoms with Crippen LogP contribution in [0.4, 0.5) is 9.18 Å². The van der Waals surface area contributed by atoms with Crippen LogP contribution in [-0.4, -0.2) is 46.9 Å². The molecule has 3 fully saturated rings. The second-order valence-corrected chi connectivity index (χ2v) is 10.5. The van der Waals surface area contributed by atoms with Crippen LogP contribution < -0.4 is 5.32 Å². The number of rotatable bonds is 6. The summed E-state index contributed by atoms with van der Waals surface area (Å²) in [5.41, 5.74) is 2.37. The predicted molar refractivity (Wildman–Crippen MR) is 136 cm³/mol. The Morgan fingerprint density at radius 3 is 2.79 bits per heavy atom. The molecular weight excluding hydrogens is 491 g/mol. The van der Waals surface area contributed by atoms with Gasteiger partial charge in [0.25, 0.3) is 0 Å². The highest BCUT2D eigenvalue weighted by Gasteiger charge is 2.54. The van der Waals surface area contributed by atoms with Gasteiger partial charge in [-0.25, -0.2) is 14.0 Å². The van der Waals surface area contributed by atoms with E-state index in [0.29, 0.717) is 18.8 Å². The van der Waals surface area contributed by atoms with E-state index in [1.807, 2.05) is 31.2 Å². The number of amides is 1. The summed E-state index contributed by atoms with van der Waals surface area (Å²) in [5.74, 6) is -1.12. The number of halogens is 1. The van der Waals surface area contributed by atoms with Gasteiger partial charge in [0.1, 0.15) is 11.9 Å². The number of cyclic esters (lactones) is 1. The number of carboxylic acid groups (broad SMARTS) is 1. The maximum Gasteiger partial charge on any atom is 0.407 e. The van der Waals surface area contributed by atoms with Crippen LogP contribution in [0.25, 0.3) is 17.2 Å². The number of allylic oxidation sites excluding steroid dienone is 1. The van der Waals surface area contributed by atoms with E-state index in [9.17, 15) is 18.8 Å². The van der Waals surface area contributed by atoms with Gasteiger partial charge in [0.05, 0.1) is 11.6 Å². The molecule has 3 aliphatic rings. The smallest absolute Gasteiger partial charge is 0.407 e. The van der Waals surface area contributed by atoms with Gasteiger partial charge >= 0.3 is 18.0 Å². The average molecular weight is 523 g/mol. The van der Waals surface area contributed by atoms with E-state index < -0.39 is 18.7 Å². The van der Waals surface area contributed by atoms with Gasteiger partial charge in [-0.15, -0.1) is 0 Å². The predicted octanol–water partition coefficient (Wildman–Crippen LogP) is 4.69. The SMILES string of the molecule is C[C@H]1OC(=O)[C@@H]2C[C@@H]3C[C@H](NC(=O)OCC(=O)O)CC[C@H]3[C@H](/C=C/c3ccc(-c4cccc(F)c4)cn3)[C@H]12. The molecule has 0 bridgehead atoms. The summed E-state index contributed by atoms with van der Waals surface area (Å²) in [6, 6.07) is 10.1. The number of carbonyl (C=O) groups excluding carboxylic acids is 2. The number of aliphatic carboxylic acids is 1. The van der Waals surface area contributed by atoms with Crippen molar-refractivity contribution in [2.45, 2.75) is 44.8 Å². The number of carbonyl (C=O) groups is 3. The van der Waals surface area contributed by atoms with Gasteiger partial charge < -0.3 is 19.9 Å². The number of ether oxygens (including phenoxy) is 2. The van der Waals surface area contributed by atoms with Gasteiger partial charge in [0.15, 0.2) is 6.61 Å². The lowest BCUT2D eigenvalue weighted by molar-refractivity contribution is -0.144. The first-order valence-electron chi connectivity index (χ1n) is 13.0. The Labute approximate surface area is 220 Å². The molecule has 0 radical (unpaired) electrons. The lowest BCUT2D eigenvalue weighted by atomic mass is 9.57. The highest BCUT2D eigenvalue weighted by molar-refractivity contribution is 5.76. The molecule has 1 aromatic carbocycles. The highest BCUT2D eigenvalue weighted by atomic mass is 19.1. The van der Waals surface area contributed by atoms with Crippen LogP contribution in [0, 0.1) is 35.4 Å². The number of alkyl carbamates (subject to hydrolysis) is 1. The fourth-order valence-corrected chi connectivity index (χ4v) is 6.63. The number of nitrogens with zero attached hydrogens (tertiary/aromatic N) is 1. The van der Waals surface area contributed by atoms with Crippen molar-refractivity contribution < 1.29 is 33.4 Å². The summed E-state index contributed by atoms with van der Waals surface area (Å²) in [6.07, 6.45) is 7.99. The molecule has 200 valence electrons. The second kappa shape index (κ2) is 10.9. The van der Waals surface area contributed by atoms with Gasteiger partial charge in [-0.3, -0.25) is 9.78 Å². The van der Waals surface area contributed by atoms with E-state index in [2.05, 4.69) is 16.4 Å². The van der Waals surface area contributed by atoms with Crippen molar-refractivity contribution in [1.82, 2.24) is 10.3 Å². The topological polar surface area (TPSA) is 115 Å². The largest absolute Gasteiger partial charge is 0.479 e. The van der Waals surface area contributed by atoms with E-state index >= 15 is 0 Å². The third kappa shape index (κ3) is 5.56. The first-order valence-corrected chi connectivity index (χ1v) is 13.0. The molecule has 1 aliphatic heterocycles. The number of aromatic nitrogens is 1. The number of fused-ring (bicyclic) bond motifs is 2. The number of pyridine rings is 1. The molecule has 1 amide bonds. The summed E-state index contributed by atoms with van der Waals surface area (Å²) >= 11 is 0. The third-order valence-electron chi connectivity index (χ3n) is 8.23. The molecule has 2 saturated carbocycles. The summed E-state index contributed by atoms with van der Waals surface area (Å²) in [7, 11) is 0. The molecule has 2 aliphatic carbocycles. The van der Waals surface area contributed by atoms with Gasteiger partial charge in [0, 0.05) is 23.7 Å². The van der Waals surface area contributed by atoms with E-state index in [1.165, 1.54) is 12.1 Å². The Kier molecular flexibility index (Phi) is 7.44. The first kappa shape index (κ1) is 25.9. The lowest BCUT2D eigenvalue weighted by Crippen LogP contribution is -2.48. The minimum atomic E-state index is -1.20. The Morgan fingerprint density at radius 2 is 2.05 bits per heavy atom. The van der Waals surface area contributed by atoms with Crippen molar-refractivity contribution in [2.24, 2.45) is 29.6 Å². The molecular formula is C29H31FN2O6. The molecule has 5 rings (SSSR count). The maximum absolute atomic E-state index is 13.6.